The minimum absolute atomic E-state index is 0.157. The monoisotopic (exact) mass is 407 g/mol. The highest BCUT2D eigenvalue weighted by Gasteiger charge is 2.24. The summed E-state index contributed by atoms with van der Waals surface area (Å²) >= 11 is 0. The molecule has 0 radical (unpaired) electrons. The molecule has 1 aromatic heterocycles. The highest BCUT2D eigenvalue weighted by Crippen LogP contribution is 2.34. The van der Waals surface area contributed by atoms with Crippen LogP contribution in [0, 0.1) is 0 Å². The van der Waals surface area contributed by atoms with Crippen LogP contribution in [-0.4, -0.2) is 40.3 Å². The molecule has 1 aliphatic heterocycles. The van der Waals surface area contributed by atoms with E-state index in [0.29, 0.717) is 48.6 Å². The summed E-state index contributed by atoms with van der Waals surface area (Å²) in [6, 6.07) is 12.7. The number of amides is 1. The van der Waals surface area contributed by atoms with E-state index >= 15 is 0 Å². The van der Waals surface area contributed by atoms with Crippen molar-refractivity contribution in [2.24, 2.45) is 0 Å². The summed E-state index contributed by atoms with van der Waals surface area (Å²) in [7, 11) is 0. The van der Waals surface area contributed by atoms with Crippen LogP contribution in [-0.2, 0) is 6.54 Å². The maximum atomic E-state index is 13.5. The number of hydrogen-bond acceptors (Lipinski definition) is 5. The van der Waals surface area contributed by atoms with E-state index in [1.807, 2.05) is 45.0 Å². The standard InChI is InChI=1S/C23H25N3O4/c1-4-25(14-16-8-7-11-19-21(16)30-13-12-29-19)23(28)20-17-9-5-6-10-18(17)22(27)26(24-20)15(2)3/h5-11,15H,4,12-14H2,1-3H3. The molecule has 1 aliphatic rings. The van der Waals surface area contributed by atoms with Gasteiger partial charge < -0.3 is 14.4 Å². The van der Waals surface area contributed by atoms with Crippen LogP contribution in [0.2, 0.25) is 0 Å². The summed E-state index contributed by atoms with van der Waals surface area (Å²) in [5, 5.41) is 5.52. The molecule has 0 fully saturated rings. The van der Waals surface area contributed by atoms with Crippen molar-refractivity contribution in [2.75, 3.05) is 19.8 Å². The molecule has 3 aromatic rings. The van der Waals surface area contributed by atoms with Gasteiger partial charge in [-0.1, -0.05) is 30.3 Å². The Bertz CT molecular complexity index is 1150. The van der Waals surface area contributed by atoms with Gasteiger partial charge in [-0.05, 0) is 32.9 Å². The van der Waals surface area contributed by atoms with Crippen molar-refractivity contribution in [1.29, 1.82) is 0 Å². The average Bonchev–Trinajstić information content (AvgIpc) is 2.77. The normalized spacial score (nSPS) is 12.9. The highest BCUT2D eigenvalue weighted by molar-refractivity contribution is 6.04. The quantitative estimate of drug-likeness (QED) is 0.648. The average molecular weight is 407 g/mol. The molecule has 4 rings (SSSR count). The molecule has 7 nitrogen and oxygen atoms in total. The van der Waals surface area contributed by atoms with Crippen LogP contribution >= 0.6 is 0 Å². The van der Waals surface area contributed by atoms with Crippen LogP contribution in [0.25, 0.3) is 10.8 Å². The molecule has 0 aliphatic carbocycles. The molecule has 2 heterocycles. The second kappa shape index (κ2) is 8.18. The van der Waals surface area contributed by atoms with Crippen LogP contribution in [0.4, 0.5) is 0 Å². The number of para-hydroxylation sites is 1. The van der Waals surface area contributed by atoms with Gasteiger partial charge in [0.25, 0.3) is 11.5 Å². The van der Waals surface area contributed by atoms with E-state index in [1.54, 1.807) is 23.1 Å². The molecule has 0 N–H and O–H groups in total. The van der Waals surface area contributed by atoms with Gasteiger partial charge in [0.15, 0.2) is 17.2 Å². The van der Waals surface area contributed by atoms with Crippen molar-refractivity contribution in [3.63, 3.8) is 0 Å². The number of rotatable bonds is 5. The van der Waals surface area contributed by atoms with Gasteiger partial charge >= 0.3 is 0 Å². The minimum atomic E-state index is -0.225. The summed E-state index contributed by atoms with van der Waals surface area (Å²) in [5.41, 5.74) is 0.967. The molecular weight excluding hydrogens is 382 g/mol. The van der Waals surface area contributed by atoms with Crippen molar-refractivity contribution < 1.29 is 14.3 Å². The Morgan fingerprint density at radius 1 is 1.10 bits per heavy atom. The smallest absolute Gasteiger partial charge is 0.275 e. The first kappa shape index (κ1) is 19.9. The molecule has 2 aromatic carbocycles. The van der Waals surface area contributed by atoms with Gasteiger partial charge in [-0.15, -0.1) is 0 Å². The van der Waals surface area contributed by atoms with Crippen molar-refractivity contribution in [1.82, 2.24) is 14.7 Å². The van der Waals surface area contributed by atoms with E-state index in [0.717, 1.165) is 5.56 Å². The Morgan fingerprint density at radius 3 is 2.57 bits per heavy atom. The zero-order chi connectivity index (χ0) is 21.3. The van der Waals surface area contributed by atoms with E-state index in [1.165, 1.54) is 4.68 Å². The third-order valence-electron chi connectivity index (χ3n) is 5.20. The zero-order valence-electron chi connectivity index (χ0n) is 17.4. The van der Waals surface area contributed by atoms with Crippen molar-refractivity contribution in [2.45, 2.75) is 33.4 Å². The zero-order valence-corrected chi connectivity index (χ0v) is 17.4. The van der Waals surface area contributed by atoms with Gasteiger partial charge in [-0.25, -0.2) is 4.68 Å². The Hall–Kier alpha value is -3.35. The first-order valence-corrected chi connectivity index (χ1v) is 10.2. The number of carbonyl (C=O) groups excluding carboxylic acids is 1. The van der Waals surface area contributed by atoms with Crippen LogP contribution in [0.1, 0.15) is 42.9 Å². The fourth-order valence-corrected chi connectivity index (χ4v) is 3.66. The number of hydrogen-bond donors (Lipinski definition) is 0. The van der Waals surface area contributed by atoms with Crippen LogP contribution in [0.3, 0.4) is 0 Å². The lowest BCUT2D eigenvalue weighted by atomic mass is 10.1. The lowest BCUT2D eigenvalue weighted by Crippen LogP contribution is -2.35. The van der Waals surface area contributed by atoms with Crippen LogP contribution < -0.4 is 15.0 Å². The first-order chi connectivity index (χ1) is 14.5. The van der Waals surface area contributed by atoms with Gasteiger partial charge in [0.05, 0.1) is 11.4 Å². The fourth-order valence-electron chi connectivity index (χ4n) is 3.66. The van der Waals surface area contributed by atoms with Crippen LogP contribution in [0.15, 0.2) is 47.3 Å². The Kier molecular flexibility index (Phi) is 5.44. The third-order valence-corrected chi connectivity index (χ3v) is 5.20. The second-order valence-corrected chi connectivity index (χ2v) is 7.50. The largest absolute Gasteiger partial charge is 0.486 e. The number of carbonyl (C=O) groups is 1. The topological polar surface area (TPSA) is 73.7 Å². The Morgan fingerprint density at radius 2 is 1.83 bits per heavy atom. The molecule has 7 heteroatoms. The SMILES string of the molecule is CCN(Cc1cccc2c1OCCO2)C(=O)c1nn(C(C)C)c(=O)c2ccccc12. The maximum Gasteiger partial charge on any atom is 0.275 e. The summed E-state index contributed by atoms with van der Waals surface area (Å²) in [6.45, 7) is 7.52. The Balaban J connectivity index is 1.76. The molecule has 1 amide bonds. The van der Waals surface area contributed by atoms with E-state index in [4.69, 9.17) is 9.47 Å². The van der Waals surface area contributed by atoms with Crippen LogP contribution in [0.5, 0.6) is 11.5 Å². The summed E-state index contributed by atoms with van der Waals surface area (Å²) in [4.78, 5) is 28.0. The molecule has 156 valence electrons. The molecule has 0 atom stereocenters. The predicted octanol–water partition coefficient (Wildman–Crippen LogP) is 3.41. The summed E-state index contributed by atoms with van der Waals surface area (Å²) in [5.74, 6) is 1.15. The van der Waals surface area contributed by atoms with Gasteiger partial charge in [-0.3, -0.25) is 9.59 Å². The second-order valence-electron chi connectivity index (χ2n) is 7.50. The number of benzene rings is 2. The molecule has 0 saturated heterocycles. The summed E-state index contributed by atoms with van der Waals surface area (Å²) in [6.07, 6.45) is 0. The minimum Gasteiger partial charge on any atom is -0.486 e. The number of nitrogens with zero attached hydrogens (tertiary/aromatic N) is 3. The van der Waals surface area contributed by atoms with Crippen molar-refractivity contribution in [3.8, 4) is 11.5 Å². The van der Waals surface area contributed by atoms with Gasteiger partial charge in [0, 0.05) is 24.0 Å². The number of ether oxygens (including phenoxy) is 2. The molecule has 30 heavy (non-hydrogen) atoms. The van der Waals surface area contributed by atoms with Gasteiger partial charge in [0.2, 0.25) is 0 Å². The molecule has 0 saturated carbocycles. The molecule has 0 spiro atoms. The van der Waals surface area contributed by atoms with E-state index in [9.17, 15) is 9.59 Å². The number of aromatic nitrogens is 2. The molecule has 0 bridgehead atoms. The van der Waals surface area contributed by atoms with E-state index < -0.39 is 0 Å². The lowest BCUT2D eigenvalue weighted by molar-refractivity contribution is 0.0742. The van der Waals surface area contributed by atoms with Gasteiger partial charge in [-0.2, -0.15) is 5.10 Å². The van der Waals surface area contributed by atoms with Crippen molar-refractivity contribution >= 4 is 16.7 Å². The number of fused-ring (bicyclic) bond motifs is 2. The third kappa shape index (κ3) is 3.51. The highest BCUT2D eigenvalue weighted by atomic mass is 16.6. The molecular formula is C23H25N3O4. The first-order valence-electron chi connectivity index (χ1n) is 10.2. The molecule has 0 unspecified atom stereocenters. The maximum absolute atomic E-state index is 13.5. The van der Waals surface area contributed by atoms with E-state index in [-0.39, 0.29) is 23.2 Å². The lowest BCUT2D eigenvalue weighted by Gasteiger charge is -2.25. The summed E-state index contributed by atoms with van der Waals surface area (Å²) < 4.78 is 12.8. The van der Waals surface area contributed by atoms with E-state index in [2.05, 4.69) is 5.10 Å². The fraction of sp³-hybridized carbons (Fsp3) is 0.348. The van der Waals surface area contributed by atoms with Gasteiger partial charge in [0.1, 0.15) is 13.2 Å². The van der Waals surface area contributed by atoms with Crippen molar-refractivity contribution in [3.05, 3.63) is 64.1 Å². The Labute approximate surface area is 174 Å². The predicted molar refractivity (Wildman–Crippen MR) is 114 cm³/mol.